The normalized spacial score (nSPS) is 25.3. The van der Waals surface area contributed by atoms with Gasteiger partial charge in [-0.2, -0.15) is 0 Å². The number of carbonyl (C=O) groups excluding carboxylic acids is 1. The van der Waals surface area contributed by atoms with Crippen molar-refractivity contribution in [3.8, 4) is 0 Å². The molecule has 1 aliphatic rings. The molecule has 0 amide bonds. The van der Waals surface area contributed by atoms with Crippen molar-refractivity contribution in [3.63, 3.8) is 0 Å². The molecule has 2 atom stereocenters. The summed E-state index contributed by atoms with van der Waals surface area (Å²) in [7, 11) is 0. The van der Waals surface area contributed by atoms with Gasteiger partial charge in [-0.3, -0.25) is 9.69 Å². The van der Waals surface area contributed by atoms with Crippen molar-refractivity contribution in [2.24, 2.45) is 0 Å². The van der Waals surface area contributed by atoms with Crippen LogP contribution in [0.15, 0.2) is 0 Å². The second kappa shape index (κ2) is 4.49. The smallest absolute Gasteiger partial charge is 0.323 e. The van der Waals surface area contributed by atoms with Gasteiger partial charge >= 0.3 is 5.97 Å². The third-order valence-corrected chi connectivity index (χ3v) is 2.49. The first-order valence-electron chi connectivity index (χ1n) is 5.44. The molecule has 4 nitrogen and oxygen atoms in total. The van der Waals surface area contributed by atoms with Gasteiger partial charge in [-0.15, -0.1) is 0 Å². The molecular formula is C11H21NO3. The highest BCUT2D eigenvalue weighted by atomic mass is 16.6. The van der Waals surface area contributed by atoms with Crippen LogP contribution < -0.4 is 0 Å². The van der Waals surface area contributed by atoms with Crippen LogP contribution in [-0.4, -0.2) is 46.8 Å². The minimum absolute atomic E-state index is 0.211. The summed E-state index contributed by atoms with van der Waals surface area (Å²) in [6.45, 7) is 8.73. The molecule has 1 rings (SSSR count). The average molecular weight is 215 g/mol. The van der Waals surface area contributed by atoms with E-state index in [9.17, 15) is 9.90 Å². The molecule has 1 heterocycles. The number of β-amino-alcohol motifs (C(OH)–C–C–N with tert-alkyl or cyclic N) is 1. The summed E-state index contributed by atoms with van der Waals surface area (Å²) in [4.78, 5) is 13.7. The maximum absolute atomic E-state index is 11.7. The monoisotopic (exact) mass is 215 g/mol. The Morgan fingerprint density at radius 1 is 1.53 bits per heavy atom. The standard InChI is InChI=1S/C11H21NO3/c1-8(10(14)15-11(2,3)4)12-6-5-9(13)7-12/h8-9,13H,5-7H2,1-4H3. The Morgan fingerprint density at radius 3 is 2.53 bits per heavy atom. The first-order chi connectivity index (χ1) is 6.79. The number of likely N-dealkylation sites (tertiary alicyclic amines) is 1. The lowest BCUT2D eigenvalue weighted by molar-refractivity contribution is -0.160. The number of hydrogen-bond acceptors (Lipinski definition) is 4. The van der Waals surface area contributed by atoms with Crippen molar-refractivity contribution in [2.45, 2.75) is 51.9 Å². The summed E-state index contributed by atoms with van der Waals surface area (Å²) in [5.74, 6) is -0.211. The first-order valence-corrected chi connectivity index (χ1v) is 5.44. The minimum Gasteiger partial charge on any atom is -0.459 e. The molecule has 0 radical (unpaired) electrons. The van der Waals surface area contributed by atoms with Crippen LogP contribution in [0.3, 0.4) is 0 Å². The molecule has 0 aliphatic carbocycles. The van der Waals surface area contributed by atoms with E-state index in [0.717, 1.165) is 13.0 Å². The summed E-state index contributed by atoms with van der Waals surface area (Å²) in [6.07, 6.45) is 0.447. The third kappa shape index (κ3) is 3.80. The number of aliphatic hydroxyl groups excluding tert-OH is 1. The molecule has 0 aromatic rings. The van der Waals surface area contributed by atoms with Crippen LogP contribution in [0.1, 0.15) is 34.1 Å². The highest BCUT2D eigenvalue weighted by Gasteiger charge is 2.31. The summed E-state index contributed by atoms with van der Waals surface area (Å²) in [5.41, 5.74) is -0.441. The summed E-state index contributed by atoms with van der Waals surface area (Å²) in [6, 6.07) is -0.263. The number of nitrogens with zero attached hydrogens (tertiary/aromatic N) is 1. The molecule has 2 unspecified atom stereocenters. The zero-order valence-corrected chi connectivity index (χ0v) is 9.99. The number of ether oxygens (including phenoxy) is 1. The minimum atomic E-state index is -0.441. The fourth-order valence-corrected chi connectivity index (χ4v) is 1.66. The number of esters is 1. The lowest BCUT2D eigenvalue weighted by atomic mass is 10.2. The Kier molecular flexibility index (Phi) is 3.73. The lowest BCUT2D eigenvalue weighted by Crippen LogP contribution is -2.41. The van der Waals surface area contributed by atoms with Gasteiger partial charge < -0.3 is 9.84 Å². The maximum atomic E-state index is 11.7. The van der Waals surface area contributed by atoms with Crippen LogP contribution >= 0.6 is 0 Å². The van der Waals surface area contributed by atoms with Gasteiger partial charge in [-0.25, -0.2) is 0 Å². The van der Waals surface area contributed by atoms with E-state index in [2.05, 4.69) is 0 Å². The van der Waals surface area contributed by atoms with Crippen molar-refractivity contribution in [2.75, 3.05) is 13.1 Å². The molecule has 1 aliphatic heterocycles. The number of rotatable bonds is 2. The lowest BCUT2D eigenvalue weighted by Gasteiger charge is -2.27. The van der Waals surface area contributed by atoms with Gasteiger partial charge in [0.1, 0.15) is 11.6 Å². The molecule has 4 heteroatoms. The second-order valence-corrected chi connectivity index (χ2v) is 5.15. The largest absolute Gasteiger partial charge is 0.459 e. The van der Waals surface area contributed by atoms with Crippen LogP contribution in [0.25, 0.3) is 0 Å². The van der Waals surface area contributed by atoms with Crippen molar-refractivity contribution >= 4 is 5.97 Å². The van der Waals surface area contributed by atoms with E-state index in [1.807, 2.05) is 32.6 Å². The molecule has 88 valence electrons. The van der Waals surface area contributed by atoms with E-state index in [4.69, 9.17) is 4.74 Å². The van der Waals surface area contributed by atoms with Gasteiger partial charge in [-0.1, -0.05) is 0 Å². The number of hydrogen-bond donors (Lipinski definition) is 1. The van der Waals surface area contributed by atoms with Crippen molar-refractivity contribution in [3.05, 3.63) is 0 Å². The van der Waals surface area contributed by atoms with Gasteiger partial charge in [0.15, 0.2) is 0 Å². The van der Waals surface area contributed by atoms with Crippen LogP contribution in [0, 0.1) is 0 Å². The average Bonchev–Trinajstić information content (AvgIpc) is 2.47. The fourth-order valence-electron chi connectivity index (χ4n) is 1.66. The fraction of sp³-hybridized carbons (Fsp3) is 0.909. The Labute approximate surface area is 91.2 Å². The Hall–Kier alpha value is -0.610. The maximum Gasteiger partial charge on any atom is 0.323 e. The van der Waals surface area contributed by atoms with Crippen LogP contribution in [0.5, 0.6) is 0 Å². The summed E-state index contributed by atoms with van der Waals surface area (Å²) < 4.78 is 5.28. The highest BCUT2D eigenvalue weighted by molar-refractivity contribution is 5.75. The van der Waals surface area contributed by atoms with E-state index >= 15 is 0 Å². The molecule has 0 aromatic heterocycles. The Bertz CT molecular complexity index is 234. The Balaban J connectivity index is 2.46. The molecule has 1 N–H and O–H groups in total. The van der Waals surface area contributed by atoms with E-state index < -0.39 is 5.60 Å². The van der Waals surface area contributed by atoms with E-state index in [-0.39, 0.29) is 18.1 Å². The van der Waals surface area contributed by atoms with E-state index in [1.165, 1.54) is 0 Å². The van der Waals surface area contributed by atoms with E-state index in [1.54, 1.807) is 0 Å². The predicted molar refractivity (Wildman–Crippen MR) is 57.5 cm³/mol. The van der Waals surface area contributed by atoms with Gasteiger partial charge in [0, 0.05) is 13.1 Å². The molecule has 15 heavy (non-hydrogen) atoms. The first kappa shape index (κ1) is 12.5. The van der Waals surface area contributed by atoms with Gasteiger partial charge in [0.25, 0.3) is 0 Å². The molecule has 1 saturated heterocycles. The summed E-state index contributed by atoms with van der Waals surface area (Å²) in [5, 5.41) is 9.37. The Morgan fingerprint density at radius 2 is 2.13 bits per heavy atom. The quantitative estimate of drug-likeness (QED) is 0.692. The van der Waals surface area contributed by atoms with Gasteiger partial charge in [0.2, 0.25) is 0 Å². The molecule has 0 saturated carbocycles. The topological polar surface area (TPSA) is 49.8 Å². The van der Waals surface area contributed by atoms with Gasteiger partial charge in [-0.05, 0) is 34.1 Å². The molecule has 0 spiro atoms. The second-order valence-electron chi connectivity index (χ2n) is 5.15. The predicted octanol–water partition coefficient (Wildman–Crippen LogP) is 0.783. The SMILES string of the molecule is CC(C(=O)OC(C)(C)C)N1CCC(O)C1. The molecular weight excluding hydrogens is 194 g/mol. The van der Waals surface area contributed by atoms with Crippen LogP contribution in [-0.2, 0) is 9.53 Å². The highest BCUT2D eigenvalue weighted by Crippen LogP contribution is 2.16. The van der Waals surface area contributed by atoms with Gasteiger partial charge in [0.05, 0.1) is 6.10 Å². The molecule has 1 fully saturated rings. The molecule has 0 aromatic carbocycles. The number of aliphatic hydroxyl groups is 1. The van der Waals surface area contributed by atoms with Crippen molar-refractivity contribution in [1.29, 1.82) is 0 Å². The van der Waals surface area contributed by atoms with Crippen molar-refractivity contribution in [1.82, 2.24) is 4.90 Å². The zero-order chi connectivity index (χ0) is 11.6. The number of carbonyl (C=O) groups is 1. The van der Waals surface area contributed by atoms with Crippen molar-refractivity contribution < 1.29 is 14.6 Å². The van der Waals surface area contributed by atoms with Crippen LogP contribution in [0.2, 0.25) is 0 Å². The molecule has 0 bridgehead atoms. The zero-order valence-electron chi connectivity index (χ0n) is 9.99. The third-order valence-electron chi connectivity index (χ3n) is 2.49. The van der Waals surface area contributed by atoms with E-state index in [0.29, 0.717) is 6.54 Å². The van der Waals surface area contributed by atoms with Crippen LogP contribution in [0.4, 0.5) is 0 Å². The summed E-state index contributed by atoms with van der Waals surface area (Å²) >= 11 is 0.